The zero-order valence-electron chi connectivity index (χ0n) is 12.9. The number of benzene rings is 2. The van der Waals surface area contributed by atoms with Crippen LogP contribution >= 0.6 is 0 Å². The van der Waals surface area contributed by atoms with Gasteiger partial charge in [-0.2, -0.15) is 18.3 Å². The molecule has 2 aromatic carbocycles. The fraction of sp³-hybridized carbons (Fsp3) is 0.0526. The van der Waals surface area contributed by atoms with Crippen LogP contribution < -0.4 is 0 Å². The second kappa shape index (κ2) is 5.73. The highest BCUT2D eigenvalue weighted by Crippen LogP contribution is 2.32. The summed E-state index contributed by atoms with van der Waals surface area (Å²) in [6, 6.07) is 14.8. The van der Waals surface area contributed by atoms with E-state index in [0.29, 0.717) is 16.8 Å². The Morgan fingerprint density at radius 3 is 2.16 bits per heavy atom. The maximum absolute atomic E-state index is 12.7. The molecule has 0 aliphatic rings. The third-order valence-electron chi connectivity index (χ3n) is 3.99. The molecule has 4 aromatic rings. The number of halogens is 3. The molecule has 4 rings (SSSR count). The van der Waals surface area contributed by atoms with Crippen molar-refractivity contribution in [1.29, 1.82) is 0 Å². The van der Waals surface area contributed by atoms with E-state index < -0.39 is 11.7 Å². The summed E-state index contributed by atoms with van der Waals surface area (Å²) in [4.78, 5) is 4.44. The van der Waals surface area contributed by atoms with E-state index in [1.807, 2.05) is 36.5 Å². The third kappa shape index (κ3) is 2.87. The van der Waals surface area contributed by atoms with Gasteiger partial charge in [-0.3, -0.25) is 0 Å². The average Bonchev–Trinajstić information content (AvgIpc) is 3.05. The first-order chi connectivity index (χ1) is 12.0. The molecule has 0 spiro atoms. The minimum absolute atomic E-state index is 0.597. The molecule has 0 aliphatic carbocycles. The Kier molecular flexibility index (Phi) is 3.53. The van der Waals surface area contributed by atoms with Gasteiger partial charge in [0.2, 0.25) is 0 Å². The smallest absolute Gasteiger partial charge is 0.236 e. The fourth-order valence-corrected chi connectivity index (χ4v) is 2.70. The van der Waals surface area contributed by atoms with Crippen LogP contribution in [0.15, 0.2) is 73.2 Å². The summed E-state index contributed by atoms with van der Waals surface area (Å²) in [6.45, 7) is 0. The Bertz CT molecular complexity index is 1020. The van der Waals surface area contributed by atoms with Crippen molar-refractivity contribution in [2.45, 2.75) is 6.18 Å². The first kappa shape index (κ1) is 15.4. The van der Waals surface area contributed by atoms with Crippen molar-refractivity contribution in [3.63, 3.8) is 0 Å². The van der Waals surface area contributed by atoms with Crippen LogP contribution in [0.3, 0.4) is 0 Å². The molecule has 6 heteroatoms. The highest BCUT2D eigenvalue weighted by atomic mass is 19.4. The average molecular weight is 339 g/mol. The second-order valence-electron chi connectivity index (χ2n) is 5.61. The third-order valence-corrected chi connectivity index (χ3v) is 3.99. The first-order valence-electron chi connectivity index (χ1n) is 7.59. The van der Waals surface area contributed by atoms with Crippen molar-refractivity contribution in [1.82, 2.24) is 14.6 Å². The lowest BCUT2D eigenvalue weighted by Gasteiger charge is -2.07. The van der Waals surface area contributed by atoms with E-state index in [9.17, 15) is 13.2 Å². The highest BCUT2D eigenvalue weighted by Gasteiger charge is 2.30. The van der Waals surface area contributed by atoms with E-state index in [4.69, 9.17) is 0 Å². The Morgan fingerprint density at radius 2 is 1.48 bits per heavy atom. The molecule has 0 radical (unpaired) electrons. The van der Waals surface area contributed by atoms with Crippen molar-refractivity contribution in [2.24, 2.45) is 0 Å². The van der Waals surface area contributed by atoms with Gasteiger partial charge in [0.05, 0.1) is 11.8 Å². The van der Waals surface area contributed by atoms with Gasteiger partial charge in [0.1, 0.15) is 0 Å². The lowest BCUT2D eigenvalue weighted by molar-refractivity contribution is -0.137. The van der Waals surface area contributed by atoms with E-state index in [-0.39, 0.29) is 0 Å². The van der Waals surface area contributed by atoms with Crippen LogP contribution in [0.2, 0.25) is 0 Å². The normalized spacial score (nSPS) is 11.8. The number of hydrogen-bond donors (Lipinski definition) is 0. The molecular weight excluding hydrogens is 327 g/mol. The lowest BCUT2D eigenvalue weighted by Crippen LogP contribution is -2.03. The summed E-state index contributed by atoms with van der Waals surface area (Å²) in [5.41, 5.74) is 3.18. The molecule has 2 heterocycles. The number of aromatic nitrogens is 3. The Morgan fingerprint density at radius 1 is 0.760 bits per heavy atom. The minimum atomic E-state index is -4.34. The zero-order valence-corrected chi connectivity index (χ0v) is 12.9. The summed E-state index contributed by atoms with van der Waals surface area (Å²) >= 11 is 0. The second-order valence-corrected chi connectivity index (χ2v) is 5.61. The molecule has 0 amide bonds. The molecule has 0 aliphatic heterocycles. The zero-order chi connectivity index (χ0) is 17.4. The monoisotopic (exact) mass is 339 g/mol. The number of nitrogens with zero attached hydrogens (tertiary/aromatic N) is 3. The molecular formula is C19H12F3N3. The SMILES string of the molecule is FC(F)(F)c1ccc(-c2cnn3cc(-c4ccccc4)cnc23)cc1. The molecule has 0 atom stereocenters. The number of fused-ring (bicyclic) bond motifs is 1. The van der Waals surface area contributed by atoms with Gasteiger partial charge in [-0.15, -0.1) is 0 Å². The van der Waals surface area contributed by atoms with E-state index in [2.05, 4.69) is 10.1 Å². The Hall–Kier alpha value is -3.15. The van der Waals surface area contributed by atoms with Crippen LogP contribution in [0, 0.1) is 0 Å². The summed E-state index contributed by atoms with van der Waals surface area (Å²) in [6.07, 6.45) is 0.855. The van der Waals surface area contributed by atoms with Crippen molar-refractivity contribution in [3.8, 4) is 22.3 Å². The van der Waals surface area contributed by atoms with Gasteiger partial charge in [-0.05, 0) is 23.3 Å². The fourth-order valence-electron chi connectivity index (χ4n) is 2.70. The minimum Gasteiger partial charge on any atom is -0.236 e. The van der Waals surface area contributed by atoms with Crippen LogP contribution in [0.1, 0.15) is 5.56 Å². The van der Waals surface area contributed by atoms with Crippen molar-refractivity contribution < 1.29 is 13.2 Å². The van der Waals surface area contributed by atoms with E-state index in [1.54, 1.807) is 16.9 Å². The van der Waals surface area contributed by atoms with Gasteiger partial charge in [0.25, 0.3) is 0 Å². The molecule has 3 nitrogen and oxygen atoms in total. The molecule has 2 aromatic heterocycles. The Balaban J connectivity index is 1.74. The quantitative estimate of drug-likeness (QED) is 0.510. The van der Waals surface area contributed by atoms with E-state index in [0.717, 1.165) is 23.3 Å². The van der Waals surface area contributed by atoms with Crippen LogP contribution in [-0.2, 0) is 6.18 Å². The standard InChI is InChI=1S/C19H12F3N3/c20-19(21,22)16-8-6-14(7-9-16)17-11-24-25-12-15(10-23-18(17)25)13-4-2-1-3-5-13/h1-12H. The van der Waals surface area contributed by atoms with Crippen molar-refractivity contribution >= 4 is 5.65 Å². The number of alkyl halides is 3. The van der Waals surface area contributed by atoms with E-state index in [1.165, 1.54) is 12.1 Å². The number of rotatable bonds is 2. The van der Waals surface area contributed by atoms with Gasteiger partial charge in [0.15, 0.2) is 5.65 Å². The van der Waals surface area contributed by atoms with Gasteiger partial charge in [0, 0.05) is 23.5 Å². The van der Waals surface area contributed by atoms with Crippen LogP contribution in [0.5, 0.6) is 0 Å². The summed E-state index contributed by atoms with van der Waals surface area (Å²) in [5, 5.41) is 4.28. The summed E-state index contributed by atoms with van der Waals surface area (Å²) in [5.74, 6) is 0. The lowest BCUT2D eigenvalue weighted by atomic mass is 10.1. The molecule has 0 unspecified atom stereocenters. The molecule has 124 valence electrons. The van der Waals surface area contributed by atoms with Crippen LogP contribution in [-0.4, -0.2) is 14.6 Å². The van der Waals surface area contributed by atoms with Gasteiger partial charge in [-0.1, -0.05) is 42.5 Å². The summed E-state index contributed by atoms with van der Waals surface area (Å²) < 4.78 is 39.7. The topological polar surface area (TPSA) is 30.2 Å². The maximum Gasteiger partial charge on any atom is 0.416 e. The Labute approximate surface area is 141 Å². The predicted molar refractivity (Wildman–Crippen MR) is 88.9 cm³/mol. The van der Waals surface area contributed by atoms with Gasteiger partial charge >= 0.3 is 6.18 Å². The predicted octanol–water partition coefficient (Wildman–Crippen LogP) is 5.08. The summed E-state index contributed by atoms with van der Waals surface area (Å²) in [7, 11) is 0. The largest absolute Gasteiger partial charge is 0.416 e. The molecule has 0 fully saturated rings. The number of hydrogen-bond acceptors (Lipinski definition) is 2. The van der Waals surface area contributed by atoms with Gasteiger partial charge < -0.3 is 0 Å². The first-order valence-corrected chi connectivity index (χ1v) is 7.59. The van der Waals surface area contributed by atoms with Crippen molar-refractivity contribution in [2.75, 3.05) is 0 Å². The van der Waals surface area contributed by atoms with Crippen molar-refractivity contribution in [3.05, 3.63) is 78.8 Å². The molecule has 0 saturated carbocycles. The van der Waals surface area contributed by atoms with E-state index >= 15 is 0 Å². The molecule has 25 heavy (non-hydrogen) atoms. The van der Waals surface area contributed by atoms with Crippen LogP contribution in [0.4, 0.5) is 13.2 Å². The highest BCUT2D eigenvalue weighted by molar-refractivity contribution is 5.78. The molecule has 0 N–H and O–H groups in total. The molecule has 0 saturated heterocycles. The maximum atomic E-state index is 12.7. The van der Waals surface area contributed by atoms with Crippen LogP contribution in [0.25, 0.3) is 27.9 Å². The van der Waals surface area contributed by atoms with Gasteiger partial charge in [-0.25, -0.2) is 9.50 Å². The molecule has 0 bridgehead atoms.